The summed E-state index contributed by atoms with van der Waals surface area (Å²) in [7, 11) is 0. The maximum absolute atomic E-state index is 5.64. The molecule has 5 nitrogen and oxygen atoms in total. The van der Waals surface area contributed by atoms with Crippen LogP contribution in [0.15, 0.2) is 188 Å². The minimum absolute atomic E-state index is 0.714. The summed E-state index contributed by atoms with van der Waals surface area (Å²) in [6.07, 6.45) is 1.83. The number of benzene rings is 7. The Kier molecular flexibility index (Phi) is 6.79. The molecular weight excluding hydrogens is 659 g/mol. The Balaban J connectivity index is 1.32. The molecule has 252 valence electrons. The van der Waals surface area contributed by atoms with E-state index in [4.69, 9.17) is 15.0 Å². The van der Waals surface area contributed by atoms with E-state index >= 15 is 0 Å². The highest BCUT2D eigenvalue weighted by Gasteiger charge is 2.25. The van der Waals surface area contributed by atoms with Gasteiger partial charge in [-0.3, -0.25) is 9.55 Å². The van der Waals surface area contributed by atoms with Crippen LogP contribution in [0.1, 0.15) is 0 Å². The molecule has 0 aliphatic rings. The smallest absolute Gasteiger partial charge is 0.166 e. The number of fused-ring (bicyclic) bond motifs is 8. The Morgan fingerprint density at radius 2 is 1.00 bits per heavy atom. The highest BCUT2D eigenvalue weighted by molar-refractivity contribution is 6.25. The molecule has 4 heterocycles. The van der Waals surface area contributed by atoms with Gasteiger partial charge in [0.05, 0.1) is 39.1 Å². The van der Waals surface area contributed by atoms with E-state index in [0.29, 0.717) is 5.69 Å². The van der Waals surface area contributed by atoms with Crippen LogP contribution in [-0.2, 0) is 0 Å². The first-order chi connectivity index (χ1) is 26.8. The minimum Gasteiger partial charge on any atom is -0.309 e. The average molecular weight is 690 g/mol. The predicted molar refractivity (Wildman–Crippen MR) is 222 cm³/mol. The molecule has 0 fully saturated rings. The van der Waals surface area contributed by atoms with Crippen molar-refractivity contribution in [3.63, 3.8) is 0 Å². The molecule has 0 radical (unpaired) electrons. The second kappa shape index (κ2) is 12.1. The lowest BCUT2D eigenvalue weighted by Crippen LogP contribution is -2.07. The molecule has 5 heteroatoms. The second-order valence-corrected chi connectivity index (χ2v) is 13.6. The highest BCUT2D eigenvalue weighted by Crippen LogP contribution is 2.43. The Hall–Kier alpha value is -7.37. The van der Waals surface area contributed by atoms with Gasteiger partial charge in [0.25, 0.3) is 0 Å². The van der Waals surface area contributed by atoms with Gasteiger partial charge in [-0.1, -0.05) is 133 Å². The molecule has 0 aliphatic heterocycles. The molecule has 0 atom stereocenters. The van der Waals surface area contributed by atoms with Gasteiger partial charge in [-0.2, -0.15) is 0 Å². The molecule has 0 spiro atoms. The summed E-state index contributed by atoms with van der Waals surface area (Å²) in [5.74, 6) is 0.727. The Bertz CT molecular complexity index is 3180. The standard InChI is InChI=1S/C49H31N5/c1-4-17-33(18-5-1)46-47(34-19-6-2-7-20-34)52-49(48(51-46)40-25-14-15-29-50-40)54-41-26-13-12-24-37(41)38-30-39-44(31-43(38)54)53(35-21-8-3-9-22-35)42-28-27-32-16-10-11-23-36(32)45(39)42/h1-31H. The van der Waals surface area contributed by atoms with E-state index in [9.17, 15) is 0 Å². The van der Waals surface area contributed by atoms with Crippen molar-refractivity contribution in [2.24, 2.45) is 0 Å². The Morgan fingerprint density at radius 3 is 1.74 bits per heavy atom. The third-order valence-electron chi connectivity index (χ3n) is 10.6. The molecule has 0 amide bonds. The second-order valence-electron chi connectivity index (χ2n) is 13.6. The van der Waals surface area contributed by atoms with E-state index in [1.165, 1.54) is 27.1 Å². The maximum Gasteiger partial charge on any atom is 0.166 e. The fraction of sp³-hybridized carbons (Fsp3) is 0. The van der Waals surface area contributed by atoms with Gasteiger partial charge in [-0.05, 0) is 59.3 Å². The summed E-state index contributed by atoms with van der Waals surface area (Å²) in [6.45, 7) is 0. The van der Waals surface area contributed by atoms with Crippen LogP contribution in [0.4, 0.5) is 0 Å². The summed E-state index contributed by atoms with van der Waals surface area (Å²) >= 11 is 0. The van der Waals surface area contributed by atoms with Gasteiger partial charge in [0.15, 0.2) is 5.82 Å². The molecule has 11 rings (SSSR count). The van der Waals surface area contributed by atoms with Crippen LogP contribution in [0.2, 0.25) is 0 Å². The lowest BCUT2D eigenvalue weighted by atomic mass is 10.0. The Morgan fingerprint density at radius 1 is 0.370 bits per heavy atom. The summed E-state index contributed by atoms with van der Waals surface area (Å²) in [5, 5.41) is 7.23. The number of rotatable bonds is 5. The number of pyridine rings is 1. The van der Waals surface area contributed by atoms with Crippen LogP contribution < -0.4 is 0 Å². The van der Waals surface area contributed by atoms with Gasteiger partial charge in [-0.15, -0.1) is 0 Å². The van der Waals surface area contributed by atoms with Crippen molar-refractivity contribution in [2.75, 3.05) is 0 Å². The lowest BCUT2D eigenvalue weighted by Gasteiger charge is -2.17. The zero-order valence-electron chi connectivity index (χ0n) is 29.1. The topological polar surface area (TPSA) is 48.5 Å². The van der Waals surface area contributed by atoms with Gasteiger partial charge in [0, 0.05) is 44.6 Å². The average Bonchev–Trinajstić information content (AvgIpc) is 3.75. The van der Waals surface area contributed by atoms with Gasteiger partial charge in [-0.25, -0.2) is 9.97 Å². The van der Waals surface area contributed by atoms with Crippen LogP contribution in [0.5, 0.6) is 0 Å². The van der Waals surface area contributed by atoms with Crippen LogP contribution in [0.25, 0.3) is 99.8 Å². The SMILES string of the molecule is c1ccc(-c2nc(-c3ccccn3)c(-n3c4ccccc4c4cc5c6c7ccccc7ccc6n(-c6ccccc6)c5cc43)nc2-c2ccccc2)cc1. The molecule has 11 aromatic rings. The van der Waals surface area contributed by atoms with Crippen LogP contribution in [-0.4, -0.2) is 24.1 Å². The molecule has 0 saturated heterocycles. The van der Waals surface area contributed by atoms with Crippen molar-refractivity contribution in [1.29, 1.82) is 0 Å². The molecule has 0 saturated carbocycles. The van der Waals surface area contributed by atoms with Crippen molar-refractivity contribution < 1.29 is 0 Å². The fourth-order valence-electron chi connectivity index (χ4n) is 8.18. The highest BCUT2D eigenvalue weighted by atomic mass is 15.1. The van der Waals surface area contributed by atoms with Crippen molar-refractivity contribution in [1.82, 2.24) is 24.1 Å². The number of nitrogens with zero attached hydrogens (tertiary/aromatic N) is 5. The normalized spacial score (nSPS) is 11.7. The molecule has 54 heavy (non-hydrogen) atoms. The largest absolute Gasteiger partial charge is 0.309 e. The van der Waals surface area contributed by atoms with Gasteiger partial charge in [0.1, 0.15) is 5.69 Å². The lowest BCUT2D eigenvalue weighted by molar-refractivity contribution is 1.05. The van der Waals surface area contributed by atoms with E-state index in [2.05, 4.69) is 149 Å². The molecular formula is C49H31N5. The van der Waals surface area contributed by atoms with E-state index in [-0.39, 0.29) is 0 Å². The minimum atomic E-state index is 0.714. The summed E-state index contributed by atoms with van der Waals surface area (Å²) in [5.41, 5.74) is 10.6. The van der Waals surface area contributed by atoms with Gasteiger partial charge in [0.2, 0.25) is 0 Å². The number of aromatic nitrogens is 5. The van der Waals surface area contributed by atoms with Crippen molar-refractivity contribution >= 4 is 54.4 Å². The first kappa shape index (κ1) is 30.3. The zero-order valence-corrected chi connectivity index (χ0v) is 29.1. The first-order valence-corrected chi connectivity index (χ1v) is 18.2. The van der Waals surface area contributed by atoms with Crippen molar-refractivity contribution in [3.8, 4) is 45.4 Å². The molecule has 7 aromatic carbocycles. The van der Waals surface area contributed by atoms with Gasteiger partial charge < -0.3 is 4.57 Å². The van der Waals surface area contributed by atoms with E-state index in [1.807, 2.05) is 48.7 Å². The Labute approximate surface area is 311 Å². The van der Waals surface area contributed by atoms with E-state index in [0.717, 1.165) is 67.0 Å². The first-order valence-electron chi connectivity index (χ1n) is 18.2. The molecule has 0 N–H and O–H groups in total. The monoisotopic (exact) mass is 689 g/mol. The molecule has 0 aliphatic carbocycles. The molecule has 0 unspecified atom stereocenters. The van der Waals surface area contributed by atoms with Crippen molar-refractivity contribution in [2.45, 2.75) is 0 Å². The predicted octanol–water partition coefficient (Wildman–Crippen LogP) is 12.2. The summed E-state index contributed by atoms with van der Waals surface area (Å²) in [4.78, 5) is 16.0. The summed E-state index contributed by atoms with van der Waals surface area (Å²) < 4.78 is 4.70. The third-order valence-corrected chi connectivity index (χ3v) is 10.6. The third kappa shape index (κ3) is 4.62. The van der Waals surface area contributed by atoms with E-state index < -0.39 is 0 Å². The maximum atomic E-state index is 5.64. The molecule has 0 bridgehead atoms. The summed E-state index contributed by atoms with van der Waals surface area (Å²) in [6, 6.07) is 63.9. The van der Waals surface area contributed by atoms with Crippen LogP contribution in [0.3, 0.4) is 0 Å². The molecule has 4 aromatic heterocycles. The van der Waals surface area contributed by atoms with E-state index in [1.54, 1.807) is 0 Å². The van der Waals surface area contributed by atoms with Crippen LogP contribution in [0, 0.1) is 0 Å². The van der Waals surface area contributed by atoms with Gasteiger partial charge >= 0.3 is 0 Å². The number of hydrogen-bond donors (Lipinski definition) is 0. The van der Waals surface area contributed by atoms with Crippen LogP contribution >= 0.6 is 0 Å². The van der Waals surface area contributed by atoms with Crippen molar-refractivity contribution in [3.05, 3.63) is 188 Å². The quantitative estimate of drug-likeness (QED) is 0.181. The number of hydrogen-bond acceptors (Lipinski definition) is 3. The zero-order chi connectivity index (χ0) is 35.6. The fourth-order valence-corrected chi connectivity index (χ4v) is 8.18. The number of para-hydroxylation sites is 2.